The van der Waals surface area contributed by atoms with Crippen LogP contribution in [0.5, 0.6) is 0 Å². The molecule has 18 heavy (non-hydrogen) atoms. The molecule has 0 amide bonds. The molecule has 2 rings (SSSR count). The number of nitrogens with two attached hydrogens (primary N) is 1. The Balaban J connectivity index is 2.76. The minimum Gasteiger partial charge on any atom is -0.465 e. The number of carbonyl (C=O) groups excluding carboxylic acids is 1. The van der Waals surface area contributed by atoms with Crippen molar-refractivity contribution < 1.29 is 19.0 Å². The summed E-state index contributed by atoms with van der Waals surface area (Å²) >= 11 is 0. The predicted octanol–water partition coefficient (Wildman–Crippen LogP) is 1.23. The fraction of sp³-hybridized carbons (Fsp3) is 0.167. The molecule has 0 aliphatic carbocycles. The Hall–Kier alpha value is -2.21. The van der Waals surface area contributed by atoms with E-state index in [0.29, 0.717) is 10.9 Å². The van der Waals surface area contributed by atoms with E-state index in [0.717, 1.165) is 6.07 Å². The minimum atomic E-state index is -0.782. The van der Waals surface area contributed by atoms with Crippen molar-refractivity contribution in [1.29, 1.82) is 0 Å². The maximum atomic E-state index is 13.7. The Morgan fingerprint density at radius 2 is 2.22 bits per heavy atom. The van der Waals surface area contributed by atoms with Crippen molar-refractivity contribution in [3.8, 4) is 0 Å². The fourth-order valence-electron chi connectivity index (χ4n) is 1.74. The number of nitrogens with zero attached hydrogens (tertiary/aromatic N) is 1. The van der Waals surface area contributed by atoms with Crippen LogP contribution in [-0.2, 0) is 11.3 Å². The Labute approximate surface area is 102 Å². The number of ether oxygens (including phenoxy) is 1. The summed E-state index contributed by atoms with van der Waals surface area (Å²) in [5.74, 6) is -1.34. The highest BCUT2D eigenvalue weighted by molar-refractivity contribution is 5.96. The zero-order chi connectivity index (χ0) is 13.3. The standard InChI is InChI=1S/C12H11FN2O3/c1-18-12(17)8-3-7-6(5-16)2-11(14)15-10(7)4-9(8)13/h2-4,16H,5H2,1H3,(H2,14,15). The summed E-state index contributed by atoms with van der Waals surface area (Å²) in [7, 11) is 1.17. The number of hydrogen-bond donors (Lipinski definition) is 2. The van der Waals surface area contributed by atoms with E-state index < -0.39 is 11.8 Å². The van der Waals surface area contributed by atoms with Crippen LogP contribution in [0.1, 0.15) is 15.9 Å². The SMILES string of the molecule is COC(=O)c1cc2c(CO)cc(N)nc2cc1F. The number of pyridine rings is 1. The van der Waals surface area contributed by atoms with E-state index in [9.17, 15) is 14.3 Å². The van der Waals surface area contributed by atoms with Crippen molar-refractivity contribution in [3.05, 3.63) is 35.1 Å². The van der Waals surface area contributed by atoms with Crippen LogP contribution in [0, 0.1) is 5.82 Å². The molecule has 0 saturated carbocycles. The van der Waals surface area contributed by atoms with E-state index in [1.807, 2.05) is 0 Å². The number of aliphatic hydroxyl groups is 1. The molecule has 1 aromatic heterocycles. The van der Waals surface area contributed by atoms with Crippen LogP contribution < -0.4 is 5.73 Å². The first-order valence-corrected chi connectivity index (χ1v) is 5.14. The molecule has 0 aliphatic heterocycles. The molecule has 94 valence electrons. The van der Waals surface area contributed by atoms with Gasteiger partial charge in [-0.25, -0.2) is 14.2 Å². The third-order valence-corrected chi connectivity index (χ3v) is 2.58. The molecule has 0 saturated heterocycles. The molecular weight excluding hydrogens is 239 g/mol. The van der Waals surface area contributed by atoms with Crippen molar-refractivity contribution in [3.63, 3.8) is 0 Å². The van der Waals surface area contributed by atoms with Crippen LogP contribution in [0.3, 0.4) is 0 Å². The average Bonchev–Trinajstić information content (AvgIpc) is 2.35. The summed E-state index contributed by atoms with van der Waals surface area (Å²) < 4.78 is 18.2. The Morgan fingerprint density at radius 1 is 1.50 bits per heavy atom. The smallest absolute Gasteiger partial charge is 0.340 e. The quantitative estimate of drug-likeness (QED) is 0.783. The highest BCUT2D eigenvalue weighted by Crippen LogP contribution is 2.23. The summed E-state index contributed by atoms with van der Waals surface area (Å²) in [6, 6.07) is 3.87. The molecule has 0 unspecified atom stereocenters. The second-order valence-corrected chi connectivity index (χ2v) is 3.71. The molecular formula is C12H11FN2O3. The van der Waals surface area contributed by atoms with Crippen LogP contribution in [0.4, 0.5) is 10.2 Å². The van der Waals surface area contributed by atoms with Gasteiger partial charge in [-0.2, -0.15) is 0 Å². The zero-order valence-electron chi connectivity index (χ0n) is 9.61. The second kappa shape index (κ2) is 4.58. The van der Waals surface area contributed by atoms with Crippen molar-refractivity contribution in [2.24, 2.45) is 0 Å². The molecule has 0 aliphatic rings. The number of methoxy groups -OCH3 is 1. The summed E-state index contributed by atoms with van der Waals surface area (Å²) in [6.07, 6.45) is 0. The van der Waals surface area contributed by atoms with Gasteiger partial charge >= 0.3 is 5.97 Å². The lowest BCUT2D eigenvalue weighted by Crippen LogP contribution is -2.06. The zero-order valence-corrected chi connectivity index (χ0v) is 9.61. The molecule has 0 atom stereocenters. The maximum Gasteiger partial charge on any atom is 0.340 e. The molecule has 1 aromatic carbocycles. The van der Waals surface area contributed by atoms with E-state index in [-0.39, 0.29) is 23.5 Å². The van der Waals surface area contributed by atoms with Gasteiger partial charge in [-0.05, 0) is 17.7 Å². The largest absolute Gasteiger partial charge is 0.465 e. The van der Waals surface area contributed by atoms with Crippen LogP contribution in [0.2, 0.25) is 0 Å². The molecule has 0 radical (unpaired) electrons. The monoisotopic (exact) mass is 250 g/mol. The summed E-state index contributed by atoms with van der Waals surface area (Å²) in [4.78, 5) is 15.3. The highest BCUT2D eigenvalue weighted by Gasteiger charge is 2.15. The number of aromatic nitrogens is 1. The highest BCUT2D eigenvalue weighted by atomic mass is 19.1. The van der Waals surface area contributed by atoms with Gasteiger partial charge < -0.3 is 15.6 Å². The number of anilines is 1. The van der Waals surface area contributed by atoms with Gasteiger partial charge in [0.2, 0.25) is 0 Å². The molecule has 3 N–H and O–H groups in total. The van der Waals surface area contributed by atoms with Crippen molar-refractivity contribution in [2.75, 3.05) is 12.8 Å². The second-order valence-electron chi connectivity index (χ2n) is 3.71. The predicted molar refractivity (Wildman–Crippen MR) is 63.4 cm³/mol. The summed E-state index contributed by atoms with van der Waals surface area (Å²) in [5, 5.41) is 9.69. The van der Waals surface area contributed by atoms with Crippen LogP contribution in [0.15, 0.2) is 18.2 Å². The van der Waals surface area contributed by atoms with E-state index in [4.69, 9.17) is 5.73 Å². The van der Waals surface area contributed by atoms with Crippen LogP contribution >= 0.6 is 0 Å². The number of benzene rings is 1. The molecule has 6 heteroatoms. The van der Waals surface area contributed by atoms with Gasteiger partial charge in [-0.3, -0.25) is 0 Å². The number of aliphatic hydroxyl groups excluding tert-OH is 1. The molecule has 5 nitrogen and oxygen atoms in total. The van der Waals surface area contributed by atoms with Gasteiger partial charge in [-0.1, -0.05) is 0 Å². The van der Waals surface area contributed by atoms with Crippen LogP contribution in [-0.4, -0.2) is 23.2 Å². The Kier molecular flexibility index (Phi) is 3.12. The third kappa shape index (κ3) is 1.98. The van der Waals surface area contributed by atoms with Gasteiger partial charge in [0.1, 0.15) is 11.6 Å². The molecule has 0 spiro atoms. The van der Waals surface area contributed by atoms with E-state index in [1.54, 1.807) is 0 Å². The topological polar surface area (TPSA) is 85.4 Å². The van der Waals surface area contributed by atoms with Crippen molar-refractivity contribution in [2.45, 2.75) is 6.61 Å². The van der Waals surface area contributed by atoms with E-state index in [1.165, 1.54) is 19.2 Å². The van der Waals surface area contributed by atoms with E-state index in [2.05, 4.69) is 9.72 Å². The first-order valence-electron chi connectivity index (χ1n) is 5.14. The Bertz CT molecular complexity index is 628. The minimum absolute atomic E-state index is 0.178. The number of hydrogen-bond acceptors (Lipinski definition) is 5. The van der Waals surface area contributed by atoms with E-state index >= 15 is 0 Å². The van der Waals surface area contributed by atoms with Gasteiger partial charge in [-0.15, -0.1) is 0 Å². The number of fused-ring (bicyclic) bond motifs is 1. The van der Waals surface area contributed by atoms with Gasteiger partial charge in [0.05, 0.1) is 24.8 Å². The van der Waals surface area contributed by atoms with Crippen molar-refractivity contribution >= 4 is 22.7 Å². The molecule has 0 bridgehead atoms. The first kappa shape index (κ1) is 12.3. The lowest BCUT2D eigenvalue weighted by Gasteiger charge is -2.08. The van der Waals surface area contributed by atoms with Gasteiger partial charge in [0.15, 0.2) is 0 Å². The van der Waals surface area contributed by atoms with Gasteiger partial charge in [0, 0.05) is 11.5 Å². The number of esters is 1. The number of nitrogen functional groups attached to an aromatic ring is 1. The van der Waals surface area contributed by atoms with Crippen LogP contribution in [0.25, 0.3) is 10.9 Å². The summed E-state index contributed by atoms with van der Waals surface area (Å²) in [5.41, 5.74) is 6.09. The third-order valence-electron chi connectivity index (χ3n) is 2.58. The number of halogens is 1. The average molecular weight is 250 g/mol. The lowest BCUT2D eigenvalue weighted by molar-refractivity contribution is 0.0595. The molecule has 0 fully saturated rings. The van der Waals surface area contributed by atoms with Crippen molar-refractivity contribution in [1.82, 2.24) is 4.98 Å². The number of rotatable bonds is 2. The lowest BCUT2D eigenvalue weighted by atomic mass is 10.1. The van der Waals surface area contributed by atoms with Gasteiger partial charge in [0.25, 0.3) is 0 Å². The fourth-order valence-corrected chi connectivity index (χ4v) is 1.74. The molecule has 2 aromatic rings. The summed E-state index contributed by atoms with van der Waals surface area (Å²) in [6.45, 7) is -0.282. The number of carbonyl (C=O) groups is 1. The first-order chi connectivity index (χ1) is 8.56. The Morgan fingerprint density at radius 3 is 2.83 bits per heavy atom. The maximum absolute atomic E-state index is 13.7. The normalized spacial score (nSPS) is 10.6. The molecule has 1 heterocycles.